The fourth-order valence-corrected chi connectivity index (χ4v) is 2.88. The molecule has 0 aliphatic heterocycles. The van der Waals surface area contributed by atoms with Gasteiger partial charge in [-0.2, -0.15) is 0 Å². The summed E-state index contributed by atoms with van der Waals surface area (Å²) in [5.74, 6) is 0. The molecule has 2 aromatic rings. The van der Waals surface area contributed by atoms with E-state index in [9.17, 15) is 4.79 Å². The highest BCUT2D eigenvalue weighted by atomic mass is 16.1. The highest BCUT2D eigenvalue weighted by Gasteiger charge is 2.08. The highest BCUT2D eigenvalue weighted by Crippen LogP contribution is 2.13. The summed E-state index contributed by atoms with van der Waals surface area (Å²) in [6.07, 6.45) is 12.4. The number of benzene rings is 1. The summed E-state index contributed by atoms with van der Waals surface area (Å²) < 4.78 is 0. The van der Waals surface area contributed by atoms with Crippen molar-refractivity contribution in [1.29, 1.82) is 0 Å². The number of unbranched alkanes of at least 4 members (excludes halogenated alkanes) is 4. The van der Waals surface area contributed by atoms with E-state index in [0.717, 1.165) is 41.4 Å². The van der Waals surface area contributed by atoms with Crippen molar-refractivity contribution in [2.24, 2.45) is 0 Å². The van der Waals surface area contributed by atoms with E-state index in [2.05, 4.69) is 31.0 Å². The van der Waals surface area contributed by atoms with Crippen LogP contribution in [0.3, 0.4) is 0 Å². The lowest BCUT2D eigenvalue weighted by Crippen LogP contribution is -2.14. The van der Waals surface area contributed by atoms with Gasteiger partial charge in [0.2, 0.25) is 0 Å². The third-order valence-electron chi connectivity index (χ3n) is 4.16. The zero-order valence-corrected chi connectivity index (χ0v) is 13.8. The lowest BCUT2D eigenvalue weighted by atomic mass is 10.0. The molecule has 0 radical (unpaired) electrons. The molecule has 118 valence electrons. The number of nitrogens with one attached hydrogen (secondary N) is 1. The van der Waals surface area contributed by atoms with E-state index < -0.39 is 0 Å². The standard InChI is InChI=1S/C20H27NO/c1-3-5-6-7-8-9-10-14-18-16(4-2)20(22)17-13-11-12-15-19(17)21-18/h9-13,15H,3-8,14H2,1-2H3,(H,21,22). The molecule has 0 atom stereocenters. The van der Waals surface area contributed by atoms with Crippen LogP contribution in [0.1, 0.15) is 57.2 Å². The van der Waals surface area contributed by atoms with Crippen molar-refractivity contribution in [1.82, 2.24) is 4.98 Å². The molecule has 0 spiro atoms. The summed E-state index contributed by atoms with van der Waals surface area (Å²) in [5, 5.41) is 0.798. The summed E-state index contributed by atoms with van der Waals surface area (Å²) in [6.45, 7) is 4.29. The first kappa shape index (κ1) is 16.5. The Morgan fingerprint density at radius 3 is 2.64 bits per heavy atom. The Balaban J connectivity index is 2.10. The van der Waals surface area contributed by atoms with Crippen LogP contribution >= 0.6 is 0 Å². The van der Waals surface area contributed by atoms with Crippen molar-refractivity contribution in [3.05, 3.63) is 57.9 Å². The molecule has 0 amide bonds. The Morgan fingerprint density at radius 2 is 1.86 bits per heavy atom. The van der Waals surface area contributed by atoms with Crippen molar-refractivity contribution >= 4 is 10.9 Å². The quantitative estimate of drug-likeness (QED) is 0.530. The summed E-state index contributed by atoms with van der Waals surface area (Å²) in [6, 6.07) is 7.78. The van der Waals surface area contributed by atoms with Gasteiger partial charge in [0.25, 0.3) is 0 Å². The molecule has 1 aromatic heterocycles. The Labute approximate surface area is 133 Å². The Morgan fingerprint density at radius 1 is 1.05 bits per heavy atom. The first-order chi connectivity index (χ1) is 10.8. The Hall–Kier alpha value is -1.83. The monoisotopic (exact) mass is 297 g/mol. The predicted molar refractivity (Wildman–Crippen MR) is 95.5 cm³/mol. The van der Waals surface area contributed by atoms with Crippen LogP contribution in [-0.4, -0.2) is 4.98 Å². The molecule has 2 rings (SSSR count). The van der Waals surface area contributed by atoms with Crippen LogP contribution in [-0.2, 0) is 12.8 Å². The minimum Gasteiger partial charge on any atom is -0.358 e. The molecule has 0 saturated carbocycles. The number of H-pyrrole nitrogens is 1. The van der Waals surface area contributed by atoms with Crippen LogP contribution in [0.2, 0.25) is 0 Å². The van der Waals surface area contributed by atoms with Crippen LogP contribution in [0.25, 0.3) is 10.9 Å². The molecule has 0 aliphatic rings. The van der Waals surface area contributed by atoms with Crippen LogP contribution in [0.4, 0.5) is 0 Å². The minimum atomic E-state index is 0.184. The van der Waals surface area contributed by atoms with E-state index in [1.165, 1.54) is 25.7 Å². The fourth-order valence-electron chi connectivity index (χ4n) is 2.88. The van der Waals surface area contributed by atoms with Crippen LogP contribution in [0, 0.1) is 0 Å². The van der Waals surface area contributed by atoms with Gasteiger partial charge in [-0.3, -0.25) is 4.79 Å². The molecule has 22 heavy (non-hydrogen) atoms. The maximum atomic E-state index is 12.5. The summed E-state index contributed by atoms with van der Waals surface area (Å²) >= 11 is 0. The topological polar surface area (TPSA) is 32.9 Å². The third-order valence-corrected chi connectivity index (χ3v) is 4.16. The lowest BCUT2D eigenvalue weighted by molar-refractivity contribution is 0.674. The molecule has 0 saturated heterocycles. The maximum Gasteiger partial charge on any atom is 0.192 e. The second-order valence-electron chi connectivity index (χ2n) is 5.84. The van der Waals surface area contributed by atoms with Crippen molar-refractivity contribution in [3.63, 3.8) is 0 Å². The molecule has 0 fully saturated rings. The Kier molecular flexibility index (Phi) is 6.45. The van der Waals surface area contributed by atoms with Crippen LogP contribution < -0.4 is 5.43 Å². The second-order valence-corrected chi connectivity index (χ2v) is 5.84. The average molecular weight is 297 g/mol. The van der Waals surface area contributed by atoms with Gasteiger partial charge in [-0.1, -0.05) is 57.4 Å². The molecular formula is C20H27NO. The van der Waals surface area contributed by atoms with Gasteiger partial charge in [0.15, 0.2) is 5.43 Å². The molecule has 1 heterocycles. The normalized spacial score (nSPS) is 11.5. The van der Waals surface area contributed by atoms with Gasteiger partial charge in [-0.15, -0.1) is 0 Å². The van der Waals surface area contributed by atoms with Crippen molar-refractivity contribution in [2.75, 3.05) is 0 Å². The van der Waals surface area contributed by atoms with Gasteiger partial charge < -0.3 is 4.98 Å². The second kappa shape index (κ2) is 8.57. The molecule has 1 N–H and O–H groups in total. The first-order valence-electron chi connectivity index (χ1n) is 8.55. The minimum absolute atomic E-state index is 0.184. The van der Waals surface area contributed by atoms with Gasteiger partial charge in [-0.25, -0.2) is 0 Å². The zero-order chi connectivity index (χ0) is 15.8. The average Bonchev–Trinajstić information content (AvgIpc) is 2.54. The maximum absolute atomic E-state index is 12.5. The summed E-state index contributed by atoms with van der Waals surface area (Å²) in [4.78, 5) is 16.0. The molecule has 0 bridgehead atoms. The third kappa shape index (κ3) is 4.09. The highest BCUT2D eigenvalue weighted by molar-refractivity contribution is 5.79. The number of hydrogen-bond donors (Lipinski definition) is 1. The molecule has 1 aromatic carbocycles. The van der Waals surface area contributed by atoms with Gasteiger partial charge in [0.05, 0.1) is 0 Å². The van der Waals surface area contributed by atoms with E-state index in [4.69, 9.17) is 0 Å². The number of aromatic nitrogens is 1. The molecule has 0 aliphatic carbocycles. The van der Waals surface area contributed by atoms with Gasteiger partial charge in [-0.05, 0) is 31.4 Å². The number of rotatable bonds is 8. The van der Waals surface area contributed by atoms with Crippen molar-refractivity contribution in [2.45, 2.75) is 58.8 Å². The van der Waals surface area contributed by atoms with Crippen LogP contribution in [0.5, 0.6) is 0 Å². The van der Waals surface area contributed by atoms with Crippen LogP contribution in [0.15, 0.2) is 41.2 Å². The smallest absolute Gasteiger partial charge is 0.192 e. The molecule has 2 heteroatoms. The van der Waals surface area contributed by atoms with E-state index in [-0.39, 0.29) is 5.43 Å². The summed E-state index contributed by atoms with van der Waals surface area (Å²) in [7, 11) is 0. The fraction of sp³-hybridized carbons (Fsp3) is 0.450. The van der Waals surface area contributed by atoms with E-state index >= 15 is 0 Å². The van der Waals surface area contributed by atoms with E-state index in [1.807, 2.05) is 24.3 Å². The molecule has 0 unspecified atom stereocenters. The predicted octanol–water partition coefficient (Wildman–Crippen LogP) is 5.16. The number of hydrogen-bond acceptors (Lipinski definition) is 1. The van der Waals surface area contributed by atoms with Crippen molar-refractivity contribution in [3.8, 4) is 0 Å². The van der Waals surface area contributed by atoms with Gasteiger partial charge in [0.1, 0.15) is 0 Å². The number of allylic oxidation sites excluding steroid dienone is 2. The SMILES string of the molecule is CCCCCCC=CCc1[nH]c2ccccc2c(=O)c1CC. The van der Waals surface area contributed by atoms with Gasteiger partial charge in [0, 0.05) is 28.6 Å². The van der Waals surface area contributed by atoms with Gasteiger partial charge >= 0.3 is 0 Å². The molecule has 2 nitrogen and oxygen atoms in total. The molecular weight excluding hydrogens is 270 g/mol. The lowest BCUT2D eigenvalue weighted by Gasteiger charge is -2.08. The number of aromatic amines is 1. The first-order valence-corrected chi connectivity index (χ1v) is 8.55. The van der Waals surface area contributed by atoms with E-state index in [1.54, 1.807) is 0 Å². The largest absolute Gasteiger partial charge is 0.358 e. The summed E-state index contributed by atoms with van der Waals surface area (Å²) in [5.41, 5.74) is 3.12. The number of pyridine rings is 1. The van der Waals surface area contributed by atoms with E-state index in [0.29, 0.717) is 0 Å². The Bertz CT molecular complexity index is 682. The van der Waals surface area contributed by atoms with Crippen molar-refractivity contribution < 1.29 is 0 Å². The number of fused-ring (bicyclic) bond motifs is 1. The number of para-hydroxylation sites is 1. The zero-order valence-electron chi connectivity index (χ0n) is 13.8.